The van der Waals surface area contributed by atoms with E-state index in [2.05, 4.69) is 10.3 Å². The third-order valence-electron chi connectivity index (χ3n) is 2.42. The normalized spacial score (nSPS) is 9.94. The fourth-order valence-electron chi connectivity index (χ4n) is 1.49. The predicted molar refractivity (Wildman–Crippen MR) is 66.2 cm³/mol. The molecule has 1 aromatic heterocycles. The molecule has 2 aromatic rings. The summed E-state index contributed by atoms with van der Waals surface area (Å²) in [6.45, 7) is 0.555. The summed E-state index contributed by atoms with van der Waals surface area (Å²) in [6.07, 6.45) is 1.67. The summed E-state index contributed by atoms with van der Waals surface area (Å²) in [5.74, 6) is 0.855. The number of benzene rings is 1. The van der Waals surface area contributed by atoms with Crippen LogP contribution in [0.15, 0.2) is 42.6 Å². The van der Waals surface area contributed by atoms with Gasteiger partial charge in [0, 0.05) is 30.1 Å². The Labute approximate surface area is 99.9 Å². The Balaban J connectivity index is 2.05. The number of nitrogens with one attached hydrogen (secondary N) is 1. The molecule has 2 rings (SSSR count). The molecule has 0 bridgehead atoms. The van der Waals surface area contributed by atoms with Crippen LogP contribution in [0.2, 0.25) is 0 Å². The summed E-state index contributed by atoms with van der Waals surface area (Å²) in [7, 11) is 1.58. The lowest BCUT2D eigenvalue weighted by Gasteiger charge is -2.08. The number of hydrogen-bond acceptors (Lipinski definition) is 4. The smallest absolute Gasteiger partial charge is 0.214 e. The molecule has 0 aliphatic heterocycles. The number of para-hydroxylation sites is 1. The van der Waals surface area contributed by atoms with Gasteiger partial charge in [0.1, 0.15) is 5.75 Å². The number of ether oxygens (including phenoxy) is 1. The van der Waals surface area contributed by atoms with Gasteiger partial charge in [0.25, 0.3) is 0 Å². The molecule has 0 aliphatic rings. The van der Waals surface area contributed by atoms with Gasteiger partial charge in [-0.3, -0.25) is 0 Å². The van der Waals surface area contributed by atoms with Crippen molar-refractivity contribution in [3.8, 4) is 11.6 Å². The molecule has 0 unspecified atom stereocenters. The van der Waals surface area contributed by atoms with E-state index in [0.717, 1.165) is 11.3 Å². The SMILES string of the molecule is COc1cc(NCc2ccccc2O)ccn1. The van der Waals surface area contributed by atoms with E-state index in [1.165, 1.54) is 0 Å². The summed E-state index contributed by atoms with van der Waals surface area (Å²) in [4.78, 5) is 4.02. The number of phenolic OH excluding ortho intramolecular Hbond substituents is 1. The molecule has 0 saturated carbocycles. The summed E-state index contributed by atoms with van der Waals surface area (Å²) in [6, 6.07) is 10.9. The van der Waals surface area contributed by atoms with E-state index in [1.807, 2.05) is 18.2 Å². The highest BCUT2D eigenvalue weighted by atomic mass is 16.5. The van der Waals surface area contributed by atoms with Crippen molar-refractivity contribution in [2.45, 2.75) is 6.54 Å². The van der Waals surface area contributed by atoms with Crippen LogP contribution in [0.1, 0.15) is 5.56 Å². The van der Waals surface area contributed by atoms with Gasteiger partial charge in [-0.2, -0.15) is 0 Å². The van der Waals surface area contributed by atoms with Crippen molar-refractivity contribution >= 4 is 5.69 Å². The van der Waals surface area contributed by atoms with Gasteiger partial charge in [-0.25, -0.2) is 4.98 Å². The zero-order chi connectivity index (χ0) is 12.1. The van der Waals surface area contributed by atoms with Crippen molar-refractivity contribution < 1.29 is 9.84 Å². The molecule has 1 aromatic carbocycles. The van der Waals surface area contributed by atoms with Gasteiger partial charge >= 0.3 is 0 Å². The largest absolute Gasteiger partial charge is 0.508 e. The minimum absolute atomic E-state index is 0.293. The van der Waals surface area contributed by atoms with Crippen molar-refractivity contribution in [2.24, 2.45) is 0 Å². The fourth-order valence-corrected chi connectivity index (χ4v) is 1.49. The van der Waals surface area contributed by atoms with Crippen molar-refractivity contribution in [1.82, 2.24) is 4.98 Å². The van der Waals surface area contributed by atoms with Crippen LogP contribution >= 0.6 is 0 Å². The molecule has 0 saturated heterocycles. The van der Waals surface area contributed by atoms with Gasteiger partial charge in [-0.05, 0) is 12.1 Å². The molecule has 0 atom stereocenters. The molecule has 88 valence electrons. The van der Waals surface area contributed by atoms with Crippen molar-refractivity contribution in [2.75, 3.05) is 12.4 Å². The molecule has 1 heterocycles. The summed E-state index contributed by atoms with van der Waals surface area (Å²) >= 11 is 0. The Hall–Kier alpha value is -2.23. The Kier molecular flexibility index (Phi) is 3.45. The summed E-state index contributed by atoms with van der Waals surface area (Å²) in [5.41, 5.74) is 1.75. The minimum Gasteiger partial charge on any atom is -0.508 e. The molecule has 0 fully saturated rings. The average molecular weight is 230 g/mol. The van der Waals surface area contributed by atoms with Crippen LogP contribution in [0.5, 0.6) is 11.6 Å². The van der Waals surface area contributed by atoms with Crippen LogP contribution in [-0.2, 0) is 6.54 Å². The number of aromatic hydroxyl groups is 1. The maximum atomic E-state index is 9.61. The quantitative estimate of drug-likeness (QED) is 0.846. The van der Waals surface area contributed by atoms with Gasteiger partial charge in [0.15, 0.2) is 0 Å². The Morgan fingerprint density at radius 3 is 2.88 bits per heavy atom. The molecule has 2 N–H and O–H groups in total. The lowest BCUT2D eigenvalue weighted by Crippen LogP contribution is -2.00. The van der Waals surface area contributed by atoms with Crippen molar-refractivity contribution in [1.29, 1.82) is 0 Å². The first kappa shape index (κ1) is 11.3. The van der Waals surface area contributed by atoms with Gasteiger partial charge in [-0.1, -0.05) is 18.2 Å². The van der Waals surface area contributed by atoms with E-state index in [4.69, 9.17) is 4.74 Å². The monoisotopic (exact) mass is 230 g/mol. The highest BCUT2D eigenvalue weighted by Crippen LogP contribution is 2.18. The second-order valence-corrected chi connectivity index (χ2v) is 3.57. The first-order valence-corrected chi connectivity index (χ1v) is 5.30. The standard InChI is InChI=1S/C13H14N2O2/c1-17-13-8-11(6-7-14-13)15-9-10-4-2-3-5-12(10)16/h2-8,16H,9H2,1H3,(H,14,15). The van der Waals surface area contributed by atoms with E-state index in [1.54, 1.807) is 31.5 Å². The molecule has 0 aliphatic carbocycles. The Morgan fingerprint density at radius 2 is 2.12 bits per heavy atom. The zero-order valence-corrected chi connectivity index (χ0v) is 9.55. The lowest BCUT2D eigenvalue weighted by molar-refractivity contribution is 0.398. The highest BCUT2D eigenvalue weighted by molar-refractivity contribution is 5.46. The summed E-state index contributed by atoms with van der Waals surface area (Å²) < 4.78 is 5.03. The number of nitrogens with zero attached hydrogens (tertiary/aromatic N) is 1. The van der Waals surface area contributed by atoms with Crippen LogP contribution in [0.3, 0.4) is 0 Å². The van der Waals surface area contributed by atoms with E-state index in [-0.39, 0.29) is 0 Å². The predicted octanol–water partition coefficient (Wildman–Crippen LogP) is 2.41. The second-order valence-electron chi connectivity index (χ2n) is 3.57. The van der Waals surface area contributed by atoms with Crippen molar-refractivity contribution in [3.63, 3.8) is 0 Å². The van der Waals surface area contributed by atoms with Crippen LogP contribution in [0.25, 0.3) is 0 Å². The number of aromatic nitrogens is 1. The number of hydrogen-bond donors (Lipinski definition) is 2. The first-order chi connectivity index (χ1) is 8.29. The number of anilines is 1. The third-order valence-corrected chi connectivity index (χ3v) is 2.42. The maximum Gasteiger partial charge on any atom is 0.214 e. The van der Waals surface area contributed by atoms with E-state index < -0.39 is 0 Å². The molecule has 0 amide bonds. The highest BCUT2D eigenvalue weighted by Gasteiger charge is 2.00. The molecule has 0 radical (unpaired) electrons. The second kappa shape index (κ2) is 5.21. The van der Waals surface area contributed by atoms with Crippen LogP contribution in [-0.4, -0.2) is 17.2 Å². The molecular formula is C13H14N2O2. The molecule has 17 heavy (non-hydrogen) atoms. The van der Waals surface area contributed by atoms with E-state index in [0.29, 0.717) is 18.2 Å². The topological polar surface area (TPSA) is 54.4 Å². The van der Waals surface area contributed by atoms with Crippen molar-refractivity contribution in [3.05, 3.63) is 48.2 Å². The molecular weight excluding hydrogens is 216 g/mol. The number of methoxy groups -OCH3 is 1. The van der Waals surface area contributed by atoms with E-state index >= 15 is 0 Å². The molecule has 4 nitrogen and oxygen atoms in total. The van der Waals surface area contributed by atoms with Gasteiger partial charge < -0.3 is 15.2 Å². The van der Waals surface area contributed by atoms with Crippen LogP contribution in [0.4, 0.5) is 5.69 Å². The summed E-state index contributed by atoms with van der Waals surface area (Å²) in [5, 5.41) is 12.8. The zero-order valence-electron chi connectivity index (χ0n) is 9.55. The minimum atomic E-state index is 0.293. The first-order valence-electron chi connectivity index (χ1n) is 5.30. The van der Waals surface area contributed by atoms with Gasteiger partial charge in [-0.15, -0.1) is 0 Å². The molecule has 4 heteroatoms. The fraction of sp³-hybridized carbons (Fsp3) is 0.154. The maximum absolute atomic E-state index is 9.61. The van der Waals surface area contributed by atoms with Crippen LogP contribution in [0, 0.1) is 0 Å². The number of pyridine rings is 1. The Morgan fingerprint density at radius 1 is 1.29 bits per heavy atom. The van der Waals surface area contributed by atoms with Gasteiger partial charge in [0.2, 0.25) is 5.88 Å². The number of phenols is 1. The van der Waals surface area contributed by atoms with E-state index in [9.17, 15) is 5.11 Å². The Bertz CT molecular complexity index is 500. The van der Waals surface area contributed by atoms with Gasteiger partial charge in [0.05, 0.1) is 7.11 Å². The number of rotatable bonds is 4. The van der Waals surface area contributed by atoms with Crippen LogP contribution < -0.4 is 10.1 Å². The lowest BCUT2D eigenvalue weighted by atomic mass is 10.2. The molecule has 0 spiro atoms. The average Bonchev–Trinajstić information content (AvgIpc) is 2.38. The third kappa shape index (κ3) is 2.87.